The third-order valence-corrected chi connectivity index (χ3v) is 3.30. The van der Waals surface area contributed by atoms with Gasteiger partial charge in [-0.25, -0.2) is 4.98 Å². The van der Waals surface area contributed by atoms with Crippen molar-refractivity contribution in [2.45, 2.75) is 17.2 Å². The van der Waals surface area contributed by atoms with Crippen LogP contribution >= 0.6 is 11.8 Å². The highest BCUT2D eigenvalue weighted by atomic mass is 32.2. The van der Waals surface area contributed by atoms with Crippen LogP contribution in [0.2, 0.25) is 0 Å². The van der Waals surface area contributed by atoms with Crippen LogP contribution < -0.4 is 0 Å². The fraction of sp³-hybridized carbons (Fsp3) is 0.0769. The topological polar surface area (TPSA) is 58.9 Å². The van der Waals surface area contributed by atoms with Crippen LogP contribution in [0, 0.1) is 0 Å². The quantitative estimate of drug-likeness (QED) is 0.730. The van der Waals surface area contributed by atoms with Gasteiger partial charge in [0.15, 0.2) is 21.8 Å². The first-order valence-corrected chi connectivity index (χ1v) is 6.27. The maximum Gasteiger partial charge on any atom is 0.194 e. The molecule has 0 radical (unpaired) electrons. The molecule has 0 saturated carbocycles. The average molecular weight is 258 g/mol. The minimum Gasteiger partial charge on any atom is -0.446 e. The number of rotatable bonds is 3. The number of aromatic amines is 1. The number of Topliss-reactive ketones (excluding diaryl/α,β-unsaturated/α-hetero) is 1. The Labute approximate surface area is 107 Å². The Hall–Kier alpha value is -2.01. The second-order valence-electron chi connectivity index (χ2n) is 3.84. The van der Waals surface area contributed by atoms with Crippen molar-refractivity contribution in [3.63, 3.8) is 0 Å². The molecular weight excluding hydrogens is 248 g/mol. The van der Waals surface area contributed by atoms with Gasteiger partial charge in [0.25, 0.3) is 0 Å². The van der Waals surface area contributed by atoms with Crippen molar-refractivity contribution < 1.29 is 9.21 Å². The lowest BCUT2D eigenvalue weighted by atomic mass is 10.3. The second kappa shape index (κ2) is 4.34. The summed E-state index contributed by atoms with van der Waals surface area (Å²) in [6, 6.07) is 11.3. The molecule has 90 valence electrons. The SMILES string of the molecule is CC(=O)c1ccc(Sc2nc3ccccc3[nH]2)o1. The predicted octanol–water partition coefficient (Wildman–Crippen LogP) is 3.51. The Bertz CT molecular complexity index is 681. The van der Waals surface area contributed by atoms with Crippen LogP contribution in [-0.4, -0.2) is 15.8 Å². The number of furan rings is 1. The number of imidazole rings is 1. The molecule has 1 aromatic carbocycles. The zero-order chi connectivity index (χ0) is 12.5. The molecule has 5 heteroatoms. The van der Waals surface area contributed by atoms with Gasteiger partial charge in [-0.3, -0.25) is 4.79 Å². The number of benzene rings is 1. The lowest BCUT2D eigenvalue weighted by molar-refractivity contribution is 0.0982. The summed E-state index contributed by atoms with van der Waals surface area (Å²) in [4.78, 5) is 18.7. The minimum absolute atomic E-state index is 0.0774. The van der Waals surface area contributed by atoms with E-state index in [1.54, 1.807) is 12.1 Å². The molecule has 3 aromatic rings. The zero-order valence-corrected chi connectivity index (χ0v) is 10.5. The lowest BCUT2D eigenvalue weighted by Gasteiger charge is -1.91. The summed E-state index contributed by atoms with van der Waals surface area (Å²) in [6.07, 6.45) is 0. The van der Waals surface area contributed by atoms with Crippen LogP contribution in [0.5, 0.6) is 0 Å². The summed E-state index contributed by atoms with van der Waals surface area (Å²) in [7, 11) is 0. The normalized spacial score (nSPS) is 10.9. The first-order valence-electron chi connectivity index (χ1n) is 5.46. The van der Waals surface area contributed by atoms with Gasteiger partial charge in [-0.2, -0.15) is 0 Å². The van der Waals surface area contributed by atoms with Crippen LogP contribution in [0.1, 0.15) is 17.5 Å². The number of hydrogen-bond donors (Lipinski definition) is 1. The third kappa shape index (κ3) is 2.04. The van der Waals surface area contributed by atoms with Gasteiger partial charge >= 0.3 is 0 Å². The first-order chi connectivity index (χ1) is 8.72. The van der Waals surface area contributed by atoms with E-state index in [0.717, 1.165) is 16.2 Å². The van der Waals surface area contributed by atoms with Crippen molar-refractivity contribution in [1.82, 2.24) is 9.97 Å². The Balaban J connectivity index is 1.88. The van der Waals surface area contributed by atoms with Gasteiger partial charge in [-0.1, -0.05) is 12.1 Å². The molecular formula is C13H10N2O2S. The number of H-pyrrole nitrogens is 1. The summed E-state index contributed by atoms with van der Waals surface area (Å²) < 4.78 is 5.40. The summed E-state index contributed by atoms with van der Waals surface area (Å²) in [6.45, 7) is 1.48. The molecule has 0 aliphatic heterocycles. The van der Waals surface area contributed by atoms with Crippen molar-refractivity contribution in [3.8, 4) is 0 Å². The van der Waals surface area contributed by atoms with E-state index in [2.05, 4.69) is 9.97 Å². The summed E-state index contributed by atoms with van der Waals surface area (Å²) in [5.41, 5.74) is 1.90. The van der Waals surface area contributed by atoms with Crippen LogP contribution in [0.3, 0.4) is 0 Å². The van der Waals surface area contributed by atoms with Crippen LogP contribution in [0.15, 0.2) is 51.1 Å². The molecule has 0 bridgehead atoms. The van der Waals surface area contributed by atoms with E-state index in [1.165, 1.54) is 18.7 Å². The van der Waals surface area contributed by atoms with Crippen molar-refractivity contribution in [3.05, 3.63) is 42.2 Å². The molecule has 2 aromatic heterocycles. The van der Waals surface area contributed by atoms with E-state index in [9.17, 15) is 4.79 Å². The van der Waals surface area contributed by atoms with Gasteiger partial charge in [-0.05, 0) is 36.0 Å². The number of para-hydroxylation sites is 2. The third-order valence-electron chi connectivity index (χ3n) is 2.49. The van der Waals surface area contributed by atoms with Gasteiger partial charge in [-0.15, -0.1) is 0 Å². The average Bonchev–Trinajstić information content (AvgIpc) is 2.94. The maximum atomic E-state index is 11.1. The Morgan fingerprint density at radius 1 is 1.28 bits per heavy atom. The number of hydrogen-bond acceptors (Lipinski definition) is 4. The van der Waals surface area contributed by atoms with Gasteiger partial charge < -0.3 is 9.40 Å². The molecule has 0 aliphatic rings. The number of aromatic nitrogens is 2. The molecule has 18 heavy (non-hydrogen) atoms. The molecule has 2 heterocycles. The first kappa shape index (κ1) is 11.1. The van der Waals surface area contributed by atoms with Crippen molar-refractivity contribution >= 4 is 28.6 Å². The molecule has 0 fully saturated rings. The molecule has 0 aliphatic carbocycles. The van der Waals surface area contributed by atoms with Gasteiger partial charge in [0.05, 0.1) is 11.0 Å². The molecule has 0 amide bonds. The molecule has 0 spiro atoms. The van der Waals surface area contributed by atoms with Gasteiger partial charge in [0.1, 0.15) is 0 Å². The fourth-order valence-corrected chi connectivity index (χ4v) is 2.40. The number of ketones is 1. The van der Waals surface area contributed by atoms with E-state index < -0.39 is 0 Å². The highest BCUT2D eigenvalue weighted by Crippen LogP contribution is 2.28. The molecule has 0 saturated heterocycles. The predicted molar refractivity (Wildman–Crippen MR) is 68.9 cm³/mol. The standard InChI is InChI=1S/C13H10N2O2S/c1-8(16)11-6-7-12(17-11)18-13-14-9-4-2-3-5-10(9)15-13/h2-7H,1H3,(H,14,15). The van der Waals surface area contributed by atoms with Gasteiger partial charge in [0.2, 0.25) is 0 Å². The Kier molecular flexibility index (Phi) is 2.68. The second-order valence-corrected chi connectivity index (χ2v) is 4.83. The monoisotopic (exact) mass is 258 g/mol. The number of carbonyl (C=O) groups is 1. The van der Waals surface area contributed by atoms with Crippen LogP contribution in [0.25, 0.3) is 11.0 Å². The van der Waals surface area contributed by atoms with Crippen LogP contribution in [0.4, 0.5) is 0 Å². The number of carbonyl (C=O) groups excluding carboxylic acids is 1. The van der Waals surface area contributed by atoms with Crippen molar-refractivity contribution in [2.24, 2.45) is 0 Å². The molecule has 1 N–H and O–H groups in total. The molecule has 4 nitrogen and oxygen atoms in total. The number of nitrogens with zero attached hydrogens (tertiary/aromatic N) is 1. The molecule has 0 unspecified atom stereocenters. The lowest BCUT2D eigenvalue weighted by Crippen LogP contribution is -1.85. The van der Waals surface area contributed by atoms with Gasteiger partial charge in [0, 0.05) is 6.92 Å². The Morgan fingerprint density at radius 2 is 2.11 bits per heavy atom. The maximum absolute atomic E-state index is 11.1. The highest BCUT2D eigenvalue weighted by Gasteiger charge is 2.09. The van der Waals surface area contributed by atoms with Crippen molar-refractivity contribution in [1.29, 1.82) is 0 Å². The zero-order valence-electron chi connectivity index (χ0n) is 9.64. The summed E-state index contributed by atoms with van der Waals surface area (Å²) in [5, 5.41) is 1.40. The number of nitrogens with one attached hydrogen (secondary N) is 1. The number of fused-ring (bicyclic) bond motifs is 1. The van der Waals surface area contributed by atoms with E-state index in [-0.39, 0.29) is 5.78 Å². The molecule has 3 rings (SSSR count). The highest BCUT2D eigenvalue weighted by molar-refractivity contribution is 7.99. The Morgan fingerprint density at radius 3 is 2.83 bits per heavy atom. The fourth-order valence-electron chi connectivity index (χ4n) is 1.64. The summed E-state index contributed by atoms with van der Waals surface area (Å²) in [5.74, 6) is 0.292. The van der Waals surface area contributed by atoms with Crippen LogP contribution in [-0.2, 0) is 0 Å². The minimum atomic E-state index is -0.0774. The van der Waals surface area contributed by atoms with E-state index >= 15 is 0 Å². The van der Waals surface area contributed by atoms with Crippen molar-refractivity contribution in [2.75, 3.05) is 0 Å². The molecule has 0 atom stereocenters. The van der Waals surface area contributed by atoms with E-state index in [1.807, 2.05) is 24.3 Å². The summed E-state index contributed by atoms with van der Waals surface area (Å²) >= 11 is 1.37. The van der Waals surface area contributed by atoms with E-state index in [0.29, 0.717) is 10.9 Å². The van der Waals surface area contributed by atoms with E-state index in [4.69, 9.17) is 4.42 Å². The smallest absolute Gasteiger partial charge is 0.194 e. The largest absolute Gasteiger partial charge is 0.446 e.